The molecule has 3 aromatic rings. The molecule has 0 spiro atoms. The summed E-state index contributed by atoms with van der Waals surface area (Å²) in [4.78, 5) is 0. The number of rotatable bonds is 7. The molecule has 0 unspecified atom stereocenters. The molecule has 2 aromatic carbocycles. The fourth-order valence-corrected chi connectivity index (χ4v) is 2.87. The third-order valence-electron chi connectivity index (χ3n) is 3.76. The Balaban J connectivity index is 0.00000243. The molecular weight excluding hydrogens is 443 g/mol. The van der Waals surface area contributed by atoms with Gasteiger partial charge in [0.2, 0.25) is 0 Å². The summed E-state index contributed by atoms with van der Waals surface area (Å²) in [6.45, 7) is 0.958. The average molecular weight is 461 g/mol. The van der Waals surface area contributed by atoms with Crippen LogP contribution in [0.4, 0.5) is 0 Å². The SMILES string of the molecule is [NH-]CCCCOc1cnn(-c2ccccc2Cl)c1-c1ccc(Cl)cc1.[Rb+]. The van der Waals surface area contributed by atoms with E-state index in [2.05, 4.69) is 5.10 Å². The number of hydrogen-bond acceptors (Lipinski definition) is 2. The maximum Gasteiger partial charge on any atom is 1.00 e. The van der Waals surface area contributed by atoms with E-state index in [0.29, 0.717) is 28.9 Å². The summed E-state index contributed by atoms with van der Waals surface area (Å²) < 4.78 is 7.71. The molecule has 0 aliphatic rings. The average Bonchev–Trinajstić information content (AvgIpc) is 3.03. The van der Waals surface area contributed by atoms with Gasteiger partial charge in [0.15, 0.2) is 5.75 Å². The topological polar surface area (TPSA) is 50.9 Å². The molecule has 1 aromatic heterocycles. The van der Waals surface area contributed by atoms with Crippen LogP contribution in [0, 0.1) is 0 Å². The Hall–Kier alpha value is -0.205. The molecule has 0 amide bonds. The quantitative estimate of drug-likeness (QED) is 0.509. The predicted octanol–water partition coefficient (Wildman–Crippen LogP) is 3.06. The van der Waals surface area contributed by atoms with E-state index in [1.54, 1.807) is 10.9 Å². The molecule has 7 heteroatoms. The first kappa shape index (κ1) is 22.1. The number of aromatic nitrogens is 2. The normalized spacial score (nSPS) is 10.4. The first-order valence-electron chi connectivity index (χ1n) is 8.07. The first-order chi connectivity index (χ1) is 12.2. The van der Waals surface area contributed by atoms with Crippen molar-refractivity contribution in [3.63, 3.8) is 0 Å². The van der Waals surface area contributed by atoms with Crippen LogP contribution in [0.1, 0.15) is 12.8 Å². The molecule has 0 saturated heterocycles. The van der Waals surface area contributed by atoms with Gasteiger partial charge in [0.05, 0.1) is 23.5 Å². The van der Waals surface area contributed by atoms with Gasteiger partial charge in [-0.05, 0) is 30.7 Å². The van der Waals surface area contributed by atoms with Crippen molar-refractivity contribution in [2.24, 2.45) is 0 Å². The van der Waals surface area contributed by atoms with Crippen molar-refractivity contribution < 1.29 is 62.9 Å². The van der Waals surface area contributed by atoms with Crippen molar-refractivity contribution in [1.29, 1.82) is 0 Å². The van der Waals surface area contributed by atoms with Gasteiger partial charge in [0.1, 0.15) is 5.69 Å². The summed E-state index contributed by atoms with van der Waals surface area (Å²) in [5.41, 5.74) is 9.78. The summed E-state index contributed by atoms with van der Waals surface area (Å²) in [5.74, 6) is 0.687. The number of unbranched alkanes of at least 4 members (excludes halogenated alkanes) is 1. The van der Waals surface area contributed by atoms with Gasteiger partial charge < -0.3 is 10.5 Å². The van der Waals surface area contributed by atoms with E-state index < -0.39 is 0 Å². The molecule has 3 rings (SSSR count). The third-order valence-corrected chi connectivity index (χ3v) is 4.33. The number of para-hydroxylation sites is 1. The van der Waals surface area contributed by atoms with Gasteiger partial charge >= 0.3 is 58.2 Å². The third kappa shape index (κ3) is 5.41. The smallest absolute Gasteiger partial charge is 0.677 e. The maximum absolute atomic E-state index is 7.22. The van der Waals surface area contributed by atoms with Gasteiger partial charge in [-0.1, -0.05) is 53.9 Å². The van der Waals surface area contributed by atoms with Crippen LogP contribution in [0.3, 0.4) is 0 Å². The number of halogens is 2. The van der Waals surface area contributed by atoms with Gasteiger partial charge in [-0.2, -0.15) is 11.6 Å². The Labute approximate surface area is 212 Å². The molecule has 0 aliphatic carbocycles. The number of nitrogens with zero attached hydrogens (tertiary/aromatic N) is 2. The second-order valence-electron chi connectivity index (χ2n) is 5.53. The standard InChI is InChI=1S/C19H18Cl2N3O.Rb/c20-15-9-7-14(8-10-15)19-18(25-12-4-3-11-22)13-23-24(19)17-6-2-1-5-16(17)21;/h1-2,5-10,13,22H,3-4,11-12H2;/q-1;+1. The fourth-order valence-electron chi connectivity index (χ4n) is 2.53. The molecule has 0 fully saturated rings. The van der Waals surface area contributed by atoms with Crippen molar-refractivity contribution in [2.75, 3.05) is 13.2 Å². The fraction of sp³-hybridized carbons (Fsp3) is 0.211. The van der Waals surface area contributed by atoms with E-state index in [9.17, 15) is 0 Å². The molecule has 0 aliphatic heterocycles. The summed E-state index contributed by atoms with van der Waals surface area (Å²) >= 11 is 12.4. The zero-order valence-electron chi connectivity index (χ0n) is 14.6. The Morgan fingerprint density at radius 3 is 2.42 bits per heavy atom. The molecule has 1 heterocycles. The van der Waals surface area contributed by atoms with Gasteiger partial charge in [-0.15, -0.1) is 0 Å². The second kappa shape index (κ2) is 11.0. The van der Waals surface area contributed by atoms with Crippen molar-refractivity contribution >= 4 is 23.2 Å². The number of hydrogen-bond donors (Lipinski definition) is 0. The van der Waals surface area contributed by atoms with Gasteiger partial charge in [-0.25, -0.2) is 4.68 Å². The van der Waals surface area contributed by atoms with Crippen LogP contribution in [0.2, 0.25) is 10.0 Å². The number of ether oxygens (including phenoxy) is 1. The van der Waals surface area contributed by atoms with Crippen LogP contribution in [0.5, 0.6) is 5.75 Å². The molecule has 130 valence electrons. The van der Waals surface area contributed by atoms with Crippen LogP contribution in [-0.2, 0) is 0 Å². The molecule has 0 atom stereocenters. The van der Waals surface area contributed by atoms with Gasteiger partial charge in [0.25, 0.3) is 0 Å². The maximum atomic E-state index is 7.22. The second-order valence-corrected chi connectivity index (χ2v) is 6.38. The summed E-state index contributed by atoms with van der Waals surface area (Å²) in [5, 5.41) is 5.77. The van der Waals surface area contributed by atoms with Crippen molar-refractivity contribution in [2.45, 2.75) is 12.8 Å². The van der Waals surface area contributed by atoms with E-state index in [1.165, 1.54) is 0 Å². The van der Waals surface area contributed by atoms with Crippen molar-refractivity contribution in [3.8, 4) is 22.7 Å². The summed E-state index contributed by atoms with van der Waals surface area (Å²) in [6, 6.07) is 15.1. The molecule has 4 nitrogen and oxygen atoms in total. The molecule has 1 N–H and O–H groups in total. The molecule has 0 saturated carbocycles. The molecular formula is C19H18Cl2N3ORb. The Morgan fingerprint density at radius 2 is 1.73 bits per heavy atom. The Bertz CT molecular complexity index is 837. The van der Waals surface area contributed by atoms with Crippen molar-refractivity contribution in [3.05, 3.63) is 70.5 Å². The largest absolute Gasteiger partial charge is 1.00 e. The minimum absolute atomic E-state index is 0. The van der Waals surface area contributed by atoms with E-state index in [0.717, 1.165) is 29.8 Å². The van der Waals surface area contributed by atoms with Gasteiger partial charge in [0, 0.05) is 10.6 Å². The van der Waals surface area contributed by atoms with Crippen LogP contribution >= 0.6 is 23.2 Å². The Kier molecular flexibility index (Phi) is 9.31. The summed E-state index contributed by atoms with van der Waals surface area (Å²) in [6.07, 6.45) is 3.35. The van der Waals surface area contributed by atoms with E-state index in [1.807, 2.05) is 48.5 Å². The van der Waals surface area contributed by atoms with Crippen LogP contribution in [0.15, 0.2) is 54.7 Å². The van der Waals surface area contributed by atoms with Gasteiger partial charge in [-0.3, -0.25) is 0 Å². The summed E-state index contributed by atoms with van der Waals surface area (Å²) in [7, 11) is 0. The van der Waals surface area contributed by atoms with Crippen LogP contribution < -0.4 is 62.9 Å². The number of benzene rings is 2. The first-order valence-corrected chi connectivity index (χ1v) is 8.82. The van der Waals surface area contributed by atoms with Crippen LogP contribution in [0.25, 0.3) is 22.7 Å². The predicted molar refractivity (Wildman–Crippen MR) is 103 cm³/mol. The van der Waals surface area contributed by atoms with E-state index in [-0.39, 0.29) is 58.2 Å². The minimum Gasteiger partial charge on any atom is -0.677 e. The van der Waals surface area contributed by atoms with Crippen LogP contribution in [-0.4, -0.2) is 22.9 Å². The van der Waals surface area contributed by atoms with E-state index in [4.69, 9.17) is 33.7 Å². The zero-order valence-corrected chi connectivity index (χ0v) is 21.0. The molecule has 0 bridgehead atoms. The molecule has 0 radical (unpaired) electrons. The number of nitrogens with one attached hydrogen (secondary N) is 1. The van der Waals surface area contributed by atoms with E-state index >= 15 is 0 Å². The monoisotopic (exact) mass is 459 g/mol. The molecule has 26 heavy (non-hydrogen) atoms. The zero-order chi connectivity index (χ0) is 17.6. The Morgan fingerprint density at radius 1 is 1.00 bits per heavy atom. The van der Waals surface area contributed by atoms with Crippen molar-refractivity contribution in [1.82, 2.24) is 9.78 Å². The minimum atomic E-state index is 0.